The Hall–Kier alpha value is -3.63. The van der Waals surface area contributed by atoms with E-state index < -0.39 is 29.7 Å². The molecule has 3 rings (SSSR count). The smallest absolute Gasteiger partial charge is 0.253 e. The third kappa shape index (κ3) is 11.1. The van der Waals surface area contributed by atoms with Crippen LogP contribution in [0.15, 0.2) is 53.9 Å². The second-order valence-electron chi connectivity index (χ2n) is 11.1. The van der Waals surface area contributed by atoms with Gasteiger partial charge in [-0.3, -0.25) is 14.4 Å². The molecule has 0 fully saturated rings. The van der Waals surface area contributed by atoms with E-state index in [0.29, 0.717) is 31.5 Å². The van der Waals surface area contributed by atoms with E-state index in [1.165, 1.54) is 10.9 Å². The van der Waals surface area contributed by atoms with Crippen LogP contribution in [0.3, 0.4) is 0 Å². The molecule has 2 atom stereocenters. The number of carbonyl (C=O) groups is 3. The number of aliphatic hydroxyl groups is 1. The van der Waals surface area contributed by atoms with Crippen LogP contribution in [0.25, 0.3) is 0 Å². The quantitative estimate of drug-likeness (QED) is 0.176. The summed E-state index contributed by atoms with van der Waals surface area (Å²) in [6.07, 6.45) is 2.41. The zero-order chi connectivity index (χ0) is 32.1. The van der Waals surface area contributed by atoms with Crippen molar-refractivity contribution < 1.29 is 28.3 Å². The van der Waals surface area contributed by atoms with Crippen LogP contribution < -0.4 is 10.6 Å². The number of carbonyl (C=O) groups excluding carboxylic acids is 3. The van der Waals surface area contributed by atoms with Gasteiger partial charge in [-0.15, -0.1) is 11.3 Å². The maximum atomic E-state index is 14.0. The summed E-state index contributed by atoms with van der Waals surface area (Å²) in [5, 5.41) is 18.7. The van der Waals surface area contributed by atoms with E-state index in [2.05, 4.69) is 10.6 Å². The van der Waals surface area contributed by atoms with Crippen molar-refractivity contribution in [1.29, 1.82) is 0 Å². The molecule has 44 heavy (non-hydrogen) atoms. The van der Waals surface area contributed by atoms with Gasteiger partial charge in [0.05, 0.1) is 12.1 Å². The van der Waals surface area contributed by atoms with Gasteiger partial charge in [0, 0.05) is 48.1 Å². The standard InChI is InChI=1S/C34H43F2N3O4S/c1-4-13-39(14-5-2)34(43)26-17-23(3)16-25(21-26)33(42)38-30(20-24-18-27(35)22-28(36)19-24)31(40)11-12-37-32(41)10-6-8-29-9-7-15-44-29/h7,9,15-19,21-22,30-31,40H,4-6,8,10-14,20H2,1-3H3,(H,37,41)(H,38,42)/t30-,31-/m0/s1. The number of hydrogen-bond acceptors (Lipinski definition) is 5. The first-order valence-corrected chi connectivity index (χ1v) is 16.1. The van der Waals surface area contributed by atoms with Crippen molar-refractivity contribution in [3.8, 4) is 0 Å². The number of aliphatic hydroxyl groups excluding tert-OH is 1. The Kier molecular flexibility index (Phi) is 14.0. The Bertz CT molecular complexity index is 1360. The molecule has 2 aromatic carbocycles. The van der Waals surface area contributed by atoms with Gasteiger partial charge >= 0.3 is 0 Å². The molecular weight excluding hydrogens is 584 g/mol. The highest BCUT2D eigenvalue weighted by molar-refractivity contribution is 7.09. The molecule has 0 bridgehead atoms. The molecule has 0 aliphatic rings. The average molecular weight is 628 g/mol. The van der Waals surface area contributed by atoms with Crippen molar-refractivity contribution in [2.75, 3.05) is 19.6 Å². The number of hydrogen-bond donors (Lipinski definition) is 3. The minimum Gasteiger partial charge on any atom is -0.391 e. The molecule has 0 spiro atoms. The van der Waals surface area contributed by atoms with E-state index in [4.69, 9.17) is 0 Å². The van der Waals surface area contributed by atoms with E-state index in [9.17, 15) is 28.3 Å². The van der Waals surface area contributed by atoms with Crippen molar-refractivity contribution in [3.63, 3.8) is 0 Å². The van der Waals surface area contributed by atoms with Gasteiger partial charge in [0.15, 0.2) is 0 Å². The zero-order valence-electron chi connectivity index (χ0n) is 25.7. The molecule has 0 aliphatic heterocycles. The molecule has 3 amide bonds. The third-order valence-corrected chi connectivity index (χ3v) is 8.13. The van der Waals surface area contributed by atoms with Gasteiger partial charge in [-0.25, -0.2) is 8.78 Å². The van der Waals surface area contributed by atoms with E-state index in [-0.39, 0.29) is 42.3 Å². The van der Waals surface area contributed by atoms with Crippen LogP contribution in [-0.4, -0.2) is 59.5 Å². The topological polar surface area (TPSA) is 98.7 Å². The molecule has 3 aromatic rings. The third-order valence-electron chi connectivity index (χ3n) is 7.19. The number of nitrogens with one attached hydrogen (secondary N) is 2. The summed E-state index contributed by atoms with van der Waals surface area (Å²) in [5.41, 5.74) is 1.62. The minimum absolute atomic E-state index is 0.0469. The summed E-state index contributed by atoms with van der Waals surface area (Å²) in [6, 6.07) is 11.1. The highest BCUT2D eigenvalue weighted by Gasteiger charge is 2.24. The van der Waals surface area contributed by atoms with Crippen LogP contribution >= 0.6 is 11.3 Å². The van der Waals surface area contributed by atoms with Crippen LogP contribution in [0, 0.1) is 18.6 Å². The first-order chi connectivity index (χ1) is 21.1. The maximum Gasteiger partial charge on any atom is 0.253 e. The summed E-state index contributed by atoms with van der Waals surface area (Å²) >= 11 is 1.65. The monoisotopic (exact) mass is 627 g/mol. The fourth-order valence-corrected chi connectivity index (χ4v) is 5.87. The van der Waals surface area contributed by atoms with Gasteiger partial charge in [0.25, 0.3) is 11.8 Å². The minimum atomic E-state index is -1.13. The molecule has 10 heteroatoms. The van der Waals surface area contributed by atoms with E-state index in [0.717, 1.165) is 43.0 Å². The summed E-state index contributed by atoms with van der Waals surface area (Å²) in [4.78, 5) is 42.0. The number of benzene rings is 2. The molecule has 7 nitrogen and oxygen atoms in total. The second kappa shape index (κ2) is 17.6. The summed E-state index contributed by atoms with van der Waals surface area (Å²) < 4.78 is 27.9. The summed E-state index contributed by atoms with van der Waals surface area (Å²) in [5.74, 6) is -2.36. The first-order valence-electron chi connectivity index (χ1n) is 15.2. The Labute approximate surface area is 262 Å². The highest BCUT2D eigenvalue weighted by Crippen LogP contribution is 2.17. The van der Waals surface area contributed by atoms with Gasteiger partial charge in [-0.1, -0.05) is 19.9 Å². The number of rotatable bonds is 17. The van der Waals surface area contributed by atoms with Crippen LogP contribution in [0.2, 0.25) is 0 Å². The molecule has 0 saturated carbocycles. The fraction of sp³-hybridized carbons (Fsp3) is 0.441. The lowest BCUT2D eigenvalue weighted by molar-refractivity contribution is -0.121. The largest absolute Gasteiger partial charge is 0.391 e. The second-order valence-corrected chi connectivity index (χ2v) is 12.1. The highest BCUT2D eigenvalue weighted by atomic mass is 32.1. The summed E-state index contributed by atoms with van der Waals surface area (Å²) in [7, 11) is 0. The maximum absolute atomic E-state index is 14.0. The van der Waals surface area contributed by atoms with E-state index in [1.807, 2.05) is 31.4 Å². The Morgan fingerprint density at radius 3 is 2.30 bits per heavy atom. The lowest BCUT2D eigenvalue weighted by Gasteiger charge is -2.25. The average Bonchev–Trinajstić information content (AvgIpc) is 3.49. The number of nitrogens with zero attached hydrogens (tertiary/aromatic N) is 1. The number of halogens is 2. The lowest BCUT2D eigenvalue weighted by atomic mass is 9.97. The van der Waals surface area contributed by atoms with Gasteiger partial charge in [-0.2, -0.15) is 0 Å². The molecule has 0 unspecified atom stereocenters. The molecule has 3 N–H and O–H groups in total. The lowest BCUT2D eigenvalue weighted by Crippen LogP contribution is -2.46. The van der Waals surface area contributed by atoms with Crippen molar-refractivity contribution >= 4 is 29.1 Å². The molecule has 238 valence electrons. The molecule has 1 aromatic heterocycles. The van der Waals surface area contributed by atoms with Crippen LogP contribution in [0.1, 0.15) is 82.7 Å². The number of aryl methyl sites for hydroxylation is 2. The molecule has 0 radical (unpaired) electrons. The van der Waals surface area contributed by atoms with Crippen molar-refractivity contribution in [2.45, 2.75) is 77.9 Å². The molecule has 1 heterocycles. The van der Waals surface area contributed by atoms with Gasteiger partial charge in [-0.05, 0) is 98.4 Å². The van der Waals surface area contributed by atoms with Crippen LogP contribution in [-0.2, 0) is 17.6 Å². The Balaban J connectivity index is 1.70. The molecular formula is C34H43F2N3O4S. The van der Waals surface area contributed by atoms with Crippen LogP contribution in [0.4, 0.5) is 8.78 Å². The van der Waals surface area contributed by atoms with Crippen molar-refractivity contribution in [3.05, 3.63) is 92.7 Å². The first kappa shape index (κ1) is 34.9. The number of thiophene rings is 1. The SMILES string of the molecule is CCCN(CCC)C(=O)c1cc(C)cc(C(=O)N[C@@H](Cc2cc(F)cc(F)c2)[C@@H](O)CCNC(=O)CCCc2cccs2)c1. The number of amides is 3. The molecule has 0 aliphatic carbocycles. The fourth-order valence-electron chi connectivity index (χ4n) is 5.12. The van der Waals surface area contributed by atoms with E-state index in [1.54, 1.807) is 35.3 Å². The van der Waals surface area contributed by atoms with Crippen LogP contribution in [0.5, 0.6) is 0 Å². The zero-order valence-corrected chi connectivity index (χ0v) is 26.5. The van der Waals surface area contributed by atoms with Crippen molar-refractivity contribution in [2.24, 2.45) is 0 Å². The van der Waals surface area contributed by atoms with Gasteiger partial charge in [0.1, 0.15) is 11.6 Å². The van der Waals surface area contributed by atoms with E-state index >= 15 is 0 Å². The predicted octanol–water partition coefficient (Wildman–Crippen LogP) is 5.83. The predicted molar refractivity (Wildman–Crippen MR) is 170 cm³/mol. The Morgan fingerprint density at radius 1 is 0.977 bits per heavy atom. The van der Waals surface area contributed by atoms with Gasteiger partial charge < -0.3 is 20.6 Å². The van der Waals surface area contributed by atoms with Gasteiger partial charge in [0.2, 0.25) is 5.91 Å². The van der Waals surface area contributed by atoms with Crippen molar-refractivity contribution in [1.82, 2.24) is 15.5 Å². The summed E-state index contributed by atoms with van der Waals surface area (Å²) in [6.45, 7) is 7.16. The molecule has 0 saturated heterocycles. The normalized spacial score (nSPS) is 12.4. The Morgan fingerprint density at radius 2 is 1.66 bits per heavy atom.